The van der Waals surface area contributed by atoms with Crippen LogP contribution in [0.3, 0.4) is 0 Å². The second-order valence-electron chi connectivity index (χ2n) is 5.55. The Morgan fingerprint density at radius 2 is 1.04 bits per heavy atom. The predicted octanol–water partition coefficient (Wildman–Crippen LogP) is 2.40. The number of hydrogen-bond donors (Lipinski definition) is 4. The number of hydrogen-bond acceptors (Lipinski definition) is 6. The number of amides is 6. The van der Waals surface area contributed by atoms with Crippen LogP contribution in [0.15, 0.2) is 0 Å². The molecule has 4 N–H and O–H groups in total. The smallest absolute Gasteiger partial charge is 0.321 e. The molecule has 0 heterocycles. The van der Waals surface area contributed by atoms with Crippen molar-refractivity contribution in [3.8, 4) is 0 Å². The van der Waals surface area contributed by atoms with Gasteiger partial charge in [-0.1, -0.05) is 61.1 Å². The maximum atomic E-state index is 11.6. The molecule has 0 spiro atoms. The number of rotatable bonds is 13. The van der Waals surface area contributed by atoms with Gasteiger partial charge in [0.05, 0.1) is 11.5 Å². The fraction of sp³-hybridized carbons (Fsp3) is 0.750. The molecule has 0 aromatic heterocycles. The van der Waals surface area contributed by atoms with E-state index in [1.165, 1.54) is 0 Å². The van der Waals surface area contributed by atoms with Crippen molar-refractivity contribution in [3.63, 3.8) is 0 Å². The molecule has 150 valence electrons. The van der Waals surface area contributed by atoms with Crippen LogP contribution in [0.1, 0.15) is 52.4 Å². The Balaban J connectivity index is 3.64. The van der Waals surface area contributed by atoms with Crippen LogP contribution in [0.25, 0.3) is 0 Å². The van der Waals surface area contributed by atoms with E-state index in [9.17, 15) is 19.2 Å². The van der Waals surface area contributed by atoms with Gasteiger partial charge in [-0.15, -0.1) is 0 Å². The van der Waals surface area contributed by atoms with Crippen molar-refractivity contribution in [1.82, 2.24) is 21.3 Å². The summed E-state index contributed by atoms with van der Waals surface area (Å²) in [6.45, 7) is 5.21. The highest BCUT2D eigenvalue weighted by Crippen LogP contribution is 2.19. The van der Waals surface area contributed by atoms with E-state index in [1.807, 2.05) is 0 Å². The summed E-state index contributed by atoms with van der Waals surface area (Å²) in [5.74, 6) is -0.762. The summed E-state index contributed by atoms with van der Waals surface area (Å²) < 4.78 is 0. The van der Waals surface area contributed by atoms with Crippen molar-refractivity contribution < 1.29 is 19.2 Å². The first-order valence-electron chi connectivity index (χ1n) is 8.89. The fourth-order valence-electron chi connectivity index (χ4n) is 1.76. The van der Waals surface area contributed by atoms with E-state index < -0.39 is 23.9 Å². The van der Waals surface area contributed by atoms with Gasteiger partial charge in [-0.25, -0.2) is 9.59 Å². The van der Waals surface area contributed by atoms with Crippen molar-refractivity contribution in [2.45, 2.75) is 52.4 Å². The summed E-state index contributed by atoms with van der Waals surface area (Å²) in [6.07, 6.45) is 5.93. The van der Waals surface area contributed by atoms with Crippen molar-refractivity contribution in [3.05, 3.63) is 0 Å². The Labute approximate surface area is 163 Å². The molecule has 6 amide bonds. The van der Waals surface area contributed by atoms with E-state index in [0.29, 0.717) is 13.1 Å². The summed E-state index contributed by atoms with van der Waals surface area (Å²) in [5.41, 5.74) is 0. The highest BCUT2D eigenvalue weighted by Gasteiger charge is 2.10. The minimum absolute atomic E-state index is 0.0452. The molecule has 0 atom stereocenters. The van der Waals surface area contributed by atoms with Crippen LogP contribution in [0.2, 0.25) is 0 Å². The lowest BCUT2D eigenvalue weighted by molar-refractivity contribution is -0.118. The van der Waals surface area contributed by atoms with E-state index in [2.05, 4.69) is 35.1 Å². The van der Waals surface area contributed by atoms with E-state index in [0.717, 1.165) is 60.1 Å². The average Bonchev–Trinajstić information content (AvgIpc) is 2.59. The molecule has 26 heavy (non-hydrogen) atoms. The van der Waals surface area contributed by atoms with E-state index in [4.69, 9.17) is 0 Å². The van der Waals surface area contributed by atoms with Crippen LogP contribution >= 0.6 is 21.6 Å². The highest BCUT2D eigenvalue weighted by atomic mass is 33.1. The van der Waals surface area contributed by atoms with Crippen molar-refractivity contribution in [2.75, 3.05) is 24.6 Å². The molecule has 0 rings (SSSR count). The molecule has 0 unspecified atom stereocenters. The van der Waals surface area contributed by atoms with E-state index in [1.54, 1.807) is 0 Å². The Kier molecular flexibility index (Phi) is 16.1. The van der Waals surface area contributed by atoms with Gasteiger partial charge < -0.3 is 10.6 Å². The third-order valence-electron chi connectivity index (χ3n) is 3.10. The maximum absolute atomic E-state index is 11.6. The number of nitrogens with one attached hydrogen (secondary N) is 4. The Morgan fingerprint density at radius 1 is 0.654 bits per heavy atom. The van der Waals surface area contributed by atoms with E-state index >= 15 is 0 Å². The molecule has 8 nitrogen and oxygen atoms in total. The second kappa shape index (κ2) is 17.0. The molecule has 0 aromatic rings. The van der Waals surface area contributed by atoms with Crippen LogP contribution in [-0.4, -0.2) is 48.5 Å². The lowest BCUT2D eigenvalue weighted by Crippen LogP contribution is -2.41. The zero-order chi connectivity index (χ0) is 19.6. The van der Waals surface area contributed by atoms with Crippen LogP contribution in [0, 0.1) is 0 Å². The van der Waals surface area contributed by atoms with Crippen molar-refractivity contribution in [1.29, 1.82) is 0 Å². The first kappa shape index (κ1) is 24.6. The molecule has 0 bridgehead atoms. The minimum Gasteiger partial charge on any atom is -0.338 e. The van der Waals surface area contributed by atoms with E-state index in [-0.39, 0.29) is 11.5 Å². The first-order valence-corrected chi connectivity index (χ1v) is 11.4. The summed E-state index contributed by atoms with van der Waals surface area (Å²) in [5, 5.41) is 9.66. The summed E-state index contributed by atoms with van der Waals surface area (Å²) in [6, 6.07) is -1.01. The van der Waals surface area contributed by atoms with Gasteiger partial charge in [0.15, 0.2) is 0 Å². The SMILES string of the molecule is CCCCCNC(=O)NC(=O)CSSCC(=O)NC(=O)NCCCCC. The molecule has 0 aliphatic rings. The quantitative estimate of drug-likeness (QED) is 0.276. The van der Waals surface area contributed by atoms with Crippen molar-refractivity contribution in [2.24, 2.45) is 0 Å². The van der Waals surface area contributed by atoms with Gasteiger partial charge in [0.25, 0.3) is 0 Å². The number of unbranched alkanes of at least 4 members (excludes halogenated alkanes) is 4. The van der Waals surface area contributed by atoms with Crippen LogP contribution in [0.5, 0.6) is 0 Å². The standard InChI is InChI=1S/C16H30N4O4S2/c1-3-5-7-9-17-15(23)19-13(21)11-25-26-12-14(22)20-16(24)18-10-8-6-4-2/h3-12H2,1-2H3,(H2,17,19,21,23)(H2,18,20,22,24). The molecule has 10 heteroatoms. The van der Waals surface area contributed by atoms with Gasteiger partial charge in [0.1, 0.15) is 0 Å². The first-order chi connectivity index (χ1) is 12.5. The van der Waals surface area contributed by atoms with Gasteiger partial charge in [0.2, 0.25) is 11.8 Å². The minimum atomic E-state index is -0.505. The average molecular weight is 407 g/mol. The molecular weight excluding hydrogens is 376 g/mol. The summed E-state index contributed by atoms with van der Waals surface area (Å²) in [7, 11) is 2.29. The summed E-state index contributed by atoms with van der Waals surface area (Å²) >= 11 is 0. The number of imide groups is 2. The normalized spacial score (nSPS) is 10.1. The topological polar surface area (TPSA) is 116 Å². The van der Waals surface area contributed by atoms with Crippen LogP contribution in [-0.2, 0) is 9.59 Å². The third kappa shape index (κ3) is 16.1. The zero-order valence-electron chi connectivity index (χ0n) is 15.5. The number of carbonyl (C=O) groups is 4. The zero-order valence-corrected chi connectivity index (χ0v) is 17.2. The Bertz CT molecular complexity index is 410. The maximum Gasteiger partial charge on any atom is 0.321 e. The van der Waals surface area contributed by atoms with Gasteiger partial charge >= 0.3 is 12.1 Å². The molecule has 0 saturated heterocycles. The monoisotopic (exact) mass is 406 g/mol. The van der Waals surface area contributed by atoms with Gasteiger partial charge in [-0.2, -0.15) is 0 Å². The van der Waals surface area contributed by atoms with Crippen molar-refractivity contribution >= 4 is 45.5 Å². The molecule has 0 saturated carbocycles. The second-order valence-corrected chi connectivity index (χ2v) is 8.01. The molecule has 0 aromatic carbocycles. The fourth-order valence-corrected chi connectivity index (χ4v) is 3.43. The van der Waals surface area contributed by atoms with Crippen LogP contribution in [0.4, 0.5) is 9.59 Å². The molecule has 0 radical (unpaired) electrons. The summed E-state index contributed by atoms with van der Waals surface area (Å²) in [4.78, 5) is 46.0. The lowest BCUT2D eigenvalue weighted by Gasteiger charge is -2.07. The van der Waals surface area contributed by atoms with Gasteiger partial charge in [0, 0.05) is 13.1 Å². The number of urea groups is 2. The Morgan fingerprint density at radius 3 is 1.38 bits per heavy atom. The van der Waals surface area contributed by atoms with Gasteiger partial charge in [-0.3, -0.25) is 20.2 Å². The lowest BCUT2D eigenvalue weighted by atomic mass is 10.2. The van der Waals surface area contributed by atoms with Crippen LogP contribution < -0.4 is 21.3 Å². The largest absolute Gasteiger partial charge is 0.338 e. The predicted molar refractivity (Wildman–Crippen MR) is 107 cm³/mol. The molecule has 0 aliphatic carbocycles. The molecular formula is C16H30N4O4S2. The molecule has 0 aliphatic heterocycles. The van der Waals surface area contributed by atoms with Gasteiger partial charge in [-0.05, 0) is 12.8 Å². The number of carbonyl (C=O) groups excluding carboxylic acids is 4. The Hall–Kier alpha value is -1.42. The highest BCUT2D eigenvalue weighted by molar-refractivity contribution is 8.77. The third-order valence-corrected chi connectivity index (χ3v) is 5.23. The molecule has 0 fully saturated rings.